The van der Waals surface area contributed by atoms with E-state index < -0.39 is 0 Å². The second kappa shape index (κ2) is 9.56. The molecule has 1 amide bonds. The van der Waals surface area contributed by atoms with Gasteiger partial charge in [0.15, 0.2) is 0 Å². The average Bonchev–Trinajstić information content (AvgIpc) is 2.61. The van der Waals surface area contributed by atoms with Gasteiger partial charge in [0, 0.05) is 11.7 Å². The maximum atomic E-state index is 12.3. The average molecular weight is 346 g/mol. The van der Waals surface area contributed by atoms with E-state index >= 15 is 0 Å². The molecular formula is C20H30N2O3. The number of anilines is 1. The summed E-state index contributed by atoms with van der Waals surface area (Å²) in [5, 5.41) is 6.32. The van der Waals surface area contributed by atoms with Crippen molar-refractivity contribution in [2.45, 2.75) is 65.3 Å². The molecule has 0 radical (unpaired) electrons. The van der Waals surface area contributed by atoms with E-state index in [2.05, 4.69) is 10.6 Å². The maximum absolute atomic E-state index is 12.3. The highest BCUT2D eigenvalue weighted by Crippen LogP contribution is 2.23. The first kappa shape index (κ1) is 19.4. The molecule has 0 spiro atoms. The zero-order chi connectivity index (χ0) is 18.2. The Morgan fingerprint density at radius 2 is 1.76 bits per heavy atom. The number of carbonyl (C=O) groups excluding carboxylic acids is 2. The van der Waals surface area contributed by atoms with Crippen molar-refractivity contribution in [1.29, 1.82) is 0 Å². The van der Waals surface area contributed by atoms with E-state index in [4.69, 9.17) is 4.74 Å². The van der Waals surface area contributed by atoms with Crippen LogP contribution in [0.5, 0.6) is 0 Å². The maximum Gasteiger partial charge on any atom is 0.338 e. The fourth-order valence-electron chi connectivity index (χ4n) is 3.28. The third-order valence-electron chi connectivity index (χ3n) is 4.63. The summed E-state index contributed by atoms with van der Waals surface area (Å²) in [6.45, 7) is 6.50. The monoisotopic (exact) mass is 346 g/mol. The van der Waals surface area contributed by atoms with E-state index in [9.17, 15) is 9.59 Å². The minimum atomic E-state index is -0.315. The third-order valence-corrected chi connectivity index (χ3v) is 4.63. The molecule has 5 heteroatoms. The molecule has 2 N–H and O–H groups in total. The lowest BCUT2D eigenvalue weighted by molar-refractivity contribution is -0.115. The first-order chi connectivity index (χ1) is 12.0. The van der Waals surface area contributed by atoms with Gasteiger partial charge in [0.25, 0.3) is 0 Å². The highest BCUT2D eigenvalue weighted by Gasteiger charge is 2.16. The lowest BCUT2D eigenvalue weighted by Gasteiger charge is -2.22. The molecule has 0 heterocycles. The summed E-state index contributed by atoms with van der Waals surface area (Å²) in [4.78, 5) is 24.3. The first-order valence-corrected chi connectivity index (χ1v) is 9.33. The fraction of sp³-hybridized carbons (Fsp3) is 0.600. The summed E-state index contributed by atoms with van der Waals surface area (Å²) in [6, 6.07) is 4.00. The summed E-state index contributed by atoms with van der Waals surface area (Å²) in [7, 11) is 0. The van der Waals surface area contributed by atoms with Gasteiger partial charge in [0.2, 0.25) is 5.91 Å². The third kappa shape index (κ3) is 5.85. The standard InChI is InChI=1S/C20H30N2O3/c1-4-10-25-20(24)16-11-14(2)19(15(3)12-16)22-18(23)13-21-17-8-6-5-7-9-17/h11-12,17,21H,4-10,13H2,1-3H3,(H,22,23). The Morgan fingerprint density at radius 1 is 1.12 bits per heavy atom. The Labute approximate surface area is 150 Å². The first-order valence-electron chi connectivity index (χ1n) is 9.33. The lowest BCUT2D eigenvalue weighted by atomic mass is 9.95. The van der Waals surface area contributed by atoms with Crippen molar-refractivity contribution in [3.63, 3.8) is 0 Å². The molecular weight excluding hydrogens is 316 g/mol. The molecule has 0 aromatic heterocycles. The molecule has 1 fully saturated rings. The minimum absolute atomic E-state index is 0.0434. The van der Waals surface area contributed by atoms with E-state index in [0.29, 0.717) is 24.8 Å². The molecule has 0 saturated heterocycles. The molecule has 2 rings (SSSR count). The molecule has 1 aliphatic rings. The van der Waals surface area contributed by atoms with Gasteiger partial charge in [-0.2, -0.15) is 0 Å². The predicted molar refractivity (Wildman–Crippen MR) is 100.0 cm³/mol. The topological polar surface area (TPSA) is 67.4 Å². The second-order valence-electron chi connectivity index (χ2n) is 6.88. The number of nitrogens with one attached hydrogen (secondary N) is 2. The smallest absolute Gasteiger partial charge is 0.338 e. The normalized spacial score (nSPS) is 15.0. The molecule has 1 aliphatic carbocycles. The SMILES string of the molecule is CCCOC(=O)c1cc(C)c(NC(=O)CNC2CCCCC2)c(C)c1. The fourth-order valence-corrected chi connectivity index (χ4v) is 3.28. The van der Waals surface area contributed by atoms with E-state index in [1.54, 1.807) is 12.1 Å². The van der Waals surface area contributed by atoms with Crippen LogP contribution in [0.25, 0.3) is 0 Å². The summed E-state index contributed by atoms with van der Waals surface area (Å²) >= 11 is 0. The van der Waals surface area contributed by atoms with E-state index in [1.165, 1.54) is 19.3 Å². The summed E-state index contributed by atoms with van der Waals surface area (Å²) in [5.41, 5.74) is 3.05. The Morgan fingerprint density at radius 3 is 2.36 bits per heavy atom. The Bertz CT molecular complexity index is 584. The van der Waals surface area contributed by atoms with Crippen molar-refractivity contribution in [1.82, 2.24) is 5.32 Å². The van der Waals surface area contributed by atoms with Crippen molar-refractivity contribution in [2.24, 2.45) is 0 Å². The van der Waals surface area contributed by atoms with Gasteiger partial charge in [-0.25, -0.2) is 4.79 Å². The van der Waals surface area contributed by atoms with Crippen LogP contribution in [0.2, 0.25) is 0 Å². The molecule has 25 heavy (non-hydrogen) atoms. The number of rotatable bonds is 7. The van der Waals surface area contributed by atoms with Crippen LogP contribution in [-0.2, 0) is 9.53 Å². The summed E-state index contributed by atoms with van der Waals surface area (Å²) < 4.78 is 5.18. The number of hydrogen-bond acceptors (Lipinski definition) is 4. The zero-order valence-electron chi connectivity index (χ0n) is 15.6. The molecule has 5 nitrogen and oxygen atoms in total. The van der Waals surface area contributed by atoms with E-state index in [1.807, 2.05) is 20.8 Å². The quantitative estimate of drug-likeness (QED) is 0.738. The Balaban J connectivity index is 1.94. The minimum Gasteiger partial charge on any atom is -0.462 e. The van der Waals surface area contributed by atoms with Gasteiger partial charge in [-0.1, -0.05) is 26.2 Å². The number of benzene rings is 1. The van der Waals surface area contributed by atoms with Crippen molar-refractivity contribution >= 4 is 17.6 Å². The van der Waals surface area contributed by atoms with Gasteiger partial charge in [-0.05, 0) is 56.4 Å². The van der Waals surface area contributed by atoms with Crippen LogP contribution in [0.15, 0.2) is 12.1 Å². The van der Waals surface area contributed by atoms with Crippen LogP contribution in [0.4, 0.5) is 5.69 Å². The van der Waals surface area contributed by atoms with E-state index in [0.717, 1.165) is 36.1 Å². The van der Waals surface area contributed by atoms with Gasteiger partial charge in [-0.3, -0.25) is 4.79 Å². The molecule has 1 aromatic rings. The van der Waals surface area contributed by atoms with Gasteiger partial charge >= 0.3 is 5.97 Å². The number of ether oxygens (including phenoxy) is 1. The summed E-state index contributed by atoms with van der Waals surface area (Å²) in [5.74, 6) is -0.358. The van der Waals surface area contributed by atoms with Crippen molar-refractivity contribution in [2.75, 3.05) is 18.5 Å². The Hall–Kier alpha value is -1.88. The molecule has 0 bridgehead atoms. The highest BCUT2D eigenvalue weighted by molar-refractivity contribution is 5.96. The molecule has 0 aliphatic heterocycles. The number of amides is 1. The van der Waals surface area contributed by atoms with Crippen LogP contribution in [-0.4, -0.2) is 31.1 Å². The largest absolute Gasteiger partial charge is 0.462 e. The summed E-state index contributed by atoms with van der Waals surface area (Å²) in [6.07, 6.45) is 6.89. The van der Waals surface area contributed by atoms with Crippen molar-refractivity contribution in [3.05, 3.63) is 28.8 Å². The number of carbonyl (C=O) groups is 2. The van der Waals surface area contributed by atoms with E-state index in [-0.39, 0.29) is 11.9 Å². The molecule has 1 saturated carbocycles. The highest BCUT2D eigenvalue weighted by atomic mass is 16.5. The van der Waals surface area contributed by atoms with Crippen LogP contribution >= 0.6 is 0 Å². The number of aryl methyl sites for hydroxylation is 2. The van der Waals surface area contributed by atoms with Gasteiger partial charge < -0.3 is 15.4 Å². The second-order valence-corrected chi connectivity index (χ2v) is 6.88. The van der Waals surface area contributed by atoms with Gasteiger partial charge in [-0.15, -0.1) is 0 Å². The number of hydrogen-bond donors (Lipinski definition) is 2. The predicted octanol–water partition coefficient (Wildman–Crippen LogP) is 3.73. The van der Waals surface area contributed by atoms with Gasteiger partial charge in [0.1, 0.15) is 0 Å². The Kier molecular flexibility index (Phi) is 7.44. The van der Waals surface area contributed by atoms with Crippen LogP contribution < -0.4 is 10.6 Å². The molecule has 1 aromatic carbocycles. The van der Waals surface area contributed by atoms with Crippen LogP contribution in [0.1, 0.15) is 66.9 Å². The van der Waals surface area contributed by atoms with Crippen molar-refractivity contribution in [3.8, 4) is 0 Å². The molecule has 138 valence electrons. The van der Waals surface area contributed by atoms with Crippen LogP contribution in [0, 0.1) is 13.8 Å². The molecule has 0 unspecified atom stereocenters. The van der Waals surface area contributed by atoms with Gasteiger partial charge in [0.05, 0.1) is 18.7 Å². The molecule has 0 atom stereocenters. The van der Waals surface area contributed by atoms with Crippen LogP contribution in [0.3, 0.4) is 0 Å². The van der Waals surface area contributed by atoms with Crippen molar-refractivity contribution < 1.29 is 14.3 Å². The lowest BCUT2D eigenvalue weighted by Crippen LogP contribution is -2.37. The number of esters is 1. The zero-order valence-corrected chi connectivity index (χ0v) is 15.6.